The first-order chi connectivity index (χ1) is 8.97. The summed E-state index contributed by atoms with van der Waals surface area (Å²) in [5.41, 5.74) is 3.09. The van der Waals surface area contributed by atoms with Gasteiger partial charge in [0.2, 0.25) is 0 Å². The molecule has 3 nitrogen and oxygen atoms in total. The predicted molar refractivity (Wildman–Crippen MR) is 83.7 cm³/mol. The summed E-state index contributed by atoms with van der Waals surface area (Å²) in [5.74, 6) is 0. The summed E-state index contributed by atoms with van der Waals surface area (Å²) in [5, 5.41) is 12.8. The number of rotatable bonds is 4. The van der Waals surface area contributed by atoms with Gasteiger partial charge in [-0.15, -0.1) is 11.3 Å². The van der Waals surface area contributed by atoms with Crippen LogP contribution < -0.4 is 4.90 Å². The molecule has 0 saturated heterocycles. The molecular formula is C14H17BrN2OS. The fraction of sp³-hybridized carbons (Fsp3) is 0.357. The molecule has 1 atom stereocenters. The van der Waals surface area contributed by atoms with Gasteiger partial charge in [-0.25, -0.2) is 4.98 Å². The molecule has 1 heterocycles. The van der Waals surface area contributed by atoms with Crippen LogP contribution in [0.5, 0.6) is 0 Å². The summed E-state index contributed by atoms with van der Waals surface area (Å²) in [7, 11) is 2.04. The molecule has 0 fully saturated rings. The topological polar surface area (TPSA) is 36.4 Å². The van der Waals surface area contributed by atoms with Crippen molar-refractivity contribution in [3.63, 3.8) is 0 Å². The van der Waals surface area contributed by atoms with E-state index >= 15 is 0 Å². The van der Waals surface area contributed by atoms with Crippen molar-refractivity contribution in [2.24, 2.45) is 0 Å². The Bertz CT molecular complexity index is 568. The second kappa shape index (κ2) is 6.03. The predicted octanol–water partition coefficient (Wildman–Crippen LogP) is 3.90. The third kappa shape index (κ3) is 3.55. The second-order valence-electron chi connectivity index (χ2n) is 4.60. The molecule has 0 spiro atoms. The average molecular weight is 341 g/mol. The van der Waals surface area contributed by atoms with Gasteiger partial charge in [-0.2, -0.15) is 0 Å². The molecule has 2 rings (SSSR count). The van der Waals surface area contributed by atoms with Gasteiger partial charge in [0.05, 0.1) is 23.4 Å². The van der Waals surface area contributed by atoms with Crippen molar-refractivity contribution in [3.05, 3.63) is 44.3 Å². The van der Waals surface area contributed by atoms with Crippen LogP contribution in [0.2, 0.25) is 0 Å². The fourth-order valence-electron chi connectivity index (χ4n) is 1.91. The van der Waals surface area contributed by atoms with E-state index in [-0.39, 0.29) is 0 Å². The molecule has 1 aromatic heterocycles. The van der Waals surface area contributed by atoms with Gasteiger partial charge in [-0.05, 0) is 31.5 Å². The van der Waals surface area contributed by atoms with E-state index in [1.165, 1.54) is 0 Å². The lowest BCUT2D eigenvalue weighted by molar-refractivity contribution is 0.198. The lowest BCUT2D eigenvalue weighted by Crippen LogP contribution is -2.16. The average Bonchev–Trinajstić information content (AvgIpc) is 2.74. The van der Waals surface area contributed by atoms with E-state index in [1.54, 1.807) is 18.3 Å². The summed E-state index contributed by atoms with van der Waals surface area (Å²) in [6.45, 7) is 4.56. The zero-order valence-electron chi connectivity index (χ0n) is 11.2. The number of aliphatic hydroxyl groups excluding tert-OH is 1. The number of aryl methyl sites for hydroxylation is 1. The Labute approximate surface area is 126 Å². The number of anilines is 1. The molecule has 102 valence electrons. The first-order valence-corrected chi connectivity index (χ1v) is 7.74. The maximum absolute atomic E-state index is 9.62. The summed E-state index contributed by atoms with van der Waals surface area (Å²) in [4.78, 5) is 6.61. The van der Waals surface area contributed by atoms with Crippen LogP contribution in [0.1, 0.15) is 29.3 Å². The Hall–Kier alpha value is -0.910. The van der Waals surface area contributed by atoms with E-state index < -0.39 is 6.10 Å². The molecule has 19 heavy (non-hydrogen) atoms. The van der Waals surface area contributed by atoms with Crippen LogP contribution >= 0.6 is 27.3 Å². The van der Waals surface area contributed by atoms with Crippen LogP contribution in [0.25, 0.3) is 0 Å². The molecule has 0 amide bonds. The highest BCUT2D eigenvalue weighted by atomic mass is 79.9. The number of nitrogens with zero attached hydrogens (tertiary/aromatic N) is 2. The van der Waals surface area contributed by atoms with Crippen molar-refractivity contribution < 1.29 is 5.11 Å². The molecular weight excluding hydrogens is 324 g/mol. The van der Waals surface area contributed by atoms with Gasteiger partial charge in [0, 0.05) is 22.6 Å². The monoisotopic (exact) mass is 340 g/mol. The van der Waals surface area contributed by atoms with Crippen LogP contribution in [0.15, 0.2) is 28.1 Å². The second-order valence-corrected chi connectivity index (χ2v) is 6.51. The van der Waals surface area contributed by atoms with Gasteiger partial charge in [0.25, 0.3) is 0 Å². The molecule has 1 N–H and O–H groups in total. The number of hydrogen-bond donors (Lipinski definition) is 1. The van der Waals surface area contributed by atoms with Gasteiger partial charge in [-0.3, -0.25) is 0 Å². The molecule has 0 aliphatic heterocycles. The number of halogens is 1. The summed E-state index contributed by atoms with van der Waals surface area (Å²) in [6, 6.07) is 6.00. The van der Waals surface area contributed by atoms with E-state index in [4.69, 9.17) is 0 Å². The fourth-order valence-corrected chi connectivity index (χ4v) is 3.21. The quantitative estimate of drug-likeness (QED) is 0.916. The minimum Gasteiger partial charge on any atom is -0.389 e. The SMILES string of the molecule is Cc1nc(CN(C)c2ccc([C@H](C)O)c(Br)c2)cs1. The van der Waals surface area contributed by atoms with Crippen LogP contribution in [0, 0.1) is 6.92 Å². The van der Waals surface area contributed by atoms with E-state index in [0.717, 1.165) is 33.0 Å². The first kappa shape index (κ1) is 14.5. The Morgan fingerprint density at radius 1 is 1.47 bits per heavy atom. The van der Waals surface area contributed by atoms with Crippen molar-refractivity contribution in [3.8, 4) is 0 Å². The number of hydrogen-bond acceptors (Lipinski definition) is 4. The molecule has 0 aliphatic carbocycles. The van der Waals surface area contributed by atoms with Crippen LogP contribution in [0.4, 0.5) is 5.69 Å². The van der Waals surface area contributed by atoms with Gasteiger partial charge in [0.1, 0.15) is 0 Å². The molecule has 0 aliphatic rings. The van der Waals surface area contributed by atoms with Gasteiger partial charge >= 0.3 is 0 Å². The van der Waals surface area contributed by atoms with Crippen molar-refractivity contribution >= 4 is 33.0 Å². The number of thiazole rings is 1. The Morgan fingerprint density at radius 3 is 2.74 bits per heavy atom. The molecule has 0 radical (unpaired) electrons. The third-order valence-electron chi connectivity index (χ3n) is 2.94. The van der Waals surface area contributed by atoms with E-state index in [1.807, 2.05) is 32.2 Å². The summed E-state index contributed by atoms with van der Waals surface area (Å²) >= 11 is 5.18. The lowest BCUT2D eigenvalue weighted by atomic mass is 10.1. The minimum atomic E-state index is -0.463. The smallest absolute Gasteiger partial charge is 0.0898 e. The summed E-state index contributed by atoms with van der Waals surface area (Å²) in [6.07, 6.45) is -0.463. The summed E-state index contributed by atoms with van der Waals surface area (Å²) < 4.78 is 0.932. The third-order valence-corrected chi connectivity index (χ3v) is 4.45. The van der Waals surface area contributed by atoms with Crippen LogP contribution in [-0.2, 0) is 6.54 Å². The van der Waals surface area contributed by atoms with E-state index in [9.17, 15) is 5.11 Å². The normalized spacial score (nSPS) is 12.5. The number of aromatic nitrogens is 1. The number of aliphatic hydroxyl groups is 1. The molecule has 0 saturated carbocycles. The highest BCUT2D eigenvalue weighted by Gasteiger charge is 2.10. The molecule has 0 bridgehead atoms. The van der Waals surface area contributed by atoms with E-state index in [2.05, 4.69) is 31.2 Å². The largest absolute Gasteiger partial charge is 0.389 e. The van der Waals surface area contributed by atoms with Crippen LogP contribution in [0.3, 0.4) is 0 Å². The van der Waals surface area contributed by atoms with E-state index in [0.29, 0.717) is 0 Å². The molecule has 0 unspecified atom stereocenters. The zero-order chi connectivity index (χ0) is 14.0. The Balaban J connectivity index is 2.15. The van der Waals surface area contributed by atoms with Crippen molar-refractivity contribution in [2.45, 2.75) is 26.5 Å². The first-order valence-electron chi connectivity index (χ1n) is 6.07. The highest BCUT2D eigenvalue weighted by Crippen LogP contribution is 2.28. The maximum Gasteiger partial charge on any atom is 0.0898 e. The molecule has 2 aromatic rings. The Morgan fingerprint density at radius 2 is 2.21 bits per heavy atom. The Kier molecular flexibility index (Phi) is 4.60. The van der Waals surface area contributed by atoms with Gasteiger partial charge in [0.15, 0.2) is 0 Å². The number of benzene rings is 1. The molecule has 1 aromatic carbocycles. The molecule has 5 heteroatoms. The maximum atomic E-state index is 9.62. The zero-order valence-corrected chi connectivity index (χ0v) is 13.6. The van der Waals surface area contributed by atoms with Crippen LogP contribution in [-0.4, -0.2) is 17.1 Å². The standard InChI is InChI=1S/C14H17BrN2OS/c1-9(18)13-5-4-12(6-14(13)15)17(3)7-11-8-19-10(2)16-11/h4-6,8-9,18H,7H2,1-3H3/t9-/m0/s1. The van der Waals surface area contributed by atoms with Crippen molar-refractivity contribution in [1.29, 1.82) is 0 Å². The van der Waals surface area contributed by atoms with Crippen molar-refractivity contribution in [1.82, 2.24) is 4.98 Å². The van der Waals surface area contributed by atoms with Gasteiger partial charge in [-0.1, -0.05) is 22.0 Å². The van der Waals surface area contributed by atoms with Crippen molar-refractivity contribution in [2.75, 3.05) is 11.9 Å². The minimum absolute atomic E-state index is 0.463. The highest BCUT2D eigenvalue weighted by molar-refractivity contribution is 9.10. The lowest BCUT2D eigenvalue weighted by Gasteiger charge is -2.19. The van der Waals surface area contributed by atoms with Gasteiger partial charge < -0.3 is 10.0 Å².